The van der Waals surface area contributed by atoms with E-state index in [-0.39, 0.29) is 39.2 Å². The highest BCUT2D eigenvalue weighted by Gasteiger charge is 2.45. The van der Waals surface area contributed by atoms with Gasteiger partial charge in [-0.05, 0) is 216 Å². The molecule has 7 heteroatoms. The molecule has 16 rings (SSSR count). The Bertz CT molecular complexity index is 5520. The first kappa shape index (κ1) is 62.1. The van der Waals surface area contributed by atoms with Crippen LogP contribution in [-0.4, -0.2) is 11.3 Å². The largest absolute Gasteiger partial charge is 0.456 e. The van der Waals surface area contributed by atoms with Gasteiger partial charge >= 0.3 is 0 Å². The number of hydrogen-bond donors (Lipinski definition) is 0. The molecule has 11 aromatic carbocycles. The Morgan fingerprint density at radius 1 is 0.278 bits per heavy atom. The van der Waals surface area contributed by atoms with Crippen molar-refractivity contribution in [2.45, 2.75) is 157 Å². The summed E-state index contributed by atoms with van der Waals surface area (Å²) in [4.78, 5) is 7.70. The van der Waals surface area contributed by atoms with E-state index < -0.39 is 0 Å². The smallest absolute Gasteiger partial charge is 0.252 e. The van der Waals surface area contributed by atoms with E-state index in [4.69, 9.17) is 8.83 Å². The van der Waals surface area contributed by atoms with Crippen LogP contribution in [0.25, 0.3) is 71.4 Å². The minimum absolute atomic E-state index is 0.0310. The molecule has 0 unspecified atom stereocenters. The van der Waals surface area contributed by atoms with Crippen LogP contribution in [0.2, 0.25) is 0 Å². The van der Waals surface area contributed by atoms with E-state index in [1.54, 1.807) is 0 Å². The molecule has 2 aliphatic rings. The number of fused-ring (bicyclic) bond motifs is 13. The number of aromatic nitrogens is 1. The maximum atomic E-state index is 6.66. The maximum absolute atomic E-state index is 6.66. The molecule has 5 heterocycles. The zero-order valence-corrected chi connectivity index (χ0v) is 59.9. The van der Waals surface area contributed by atoms with Crippen molar-refractivity contribution in [3.05, 3.63) is 246 Å². The van der Waals surface area contributed by atoms with Crippen molar-refractivity contribution in [1.82, 2.24) is 4.57 Å². The van der Waals surface area contributed by atoms with Gasteiger partial charge in [0.1, 0.15) is 22.3 Å². The monoisotopic (exact) mass is 1270 g/mol. The standard InChI is InChI=1S/C90H89BN4O2/c1-85(2,3)54-23-31-60(32-24-54)92(63-38-43-83-71(49-63)69-46-58(89(13,14)15)30-42-81(69)97-83)65-37-40-72-76(51-65)93(61-33-25-55(26-34-61)86(4,5)6)78-47-59(90(16,17)18)48-79-84(78)91(72)73-52-68-67-45-57(88(10,11)12)29-41-74(67)95(64-39-44-82-70(50-64)66-21-19-20-22-80(66)96-82)75(68)53-77(73)94(79)62-35-27-56(28-36-62)87(7,8)9/h19-53H,1-18H3. The zero-order valence-electron chi connectivity index (χ0n) is 59.9. The lowest BCUT2D eigenvalue weighted by Gasteiger charge is -2.45. The fourth-order valence-corrected chi connectivity index (χ4v) is 15.4. The average molecular weight is 1270 g/mol. The molecule has 97 heavy (non-hydrogen) atoms. The number of anilines is 9. The SMILES string of the molecule is CC(C)(C)c1ccc(N(c2ccc3c(c2)N(c2ccc(C(C)(C)C)cc2)c2cc(C(C)(C)C)cc4c2B3c2cc3c5cc(C(C)(C)C)ccc5n(-c5ccc6oc7ccccc7c6c5)c3cc2N4c2ccc(C(C)(C)C)cc2)c2ccc3oc4ccc(C(C)(C)C)cc4c3c2)cc1. The van der Waals surface area contributed by atoms with Gasteiger partial charge in [0.05, 0.1) is 11.0 Å². The summed E-state index contributed by atoms with van der Waals surface area (Å²) in [7, 11) is 0. The van der Waals surface area contributed by atoms with Gasteiger partial charge in [-0.1, -0.05) is 203 Å². The zero-order chi connectivity index (χ0) is 67.9. The molecule has 0 atom stereocenters. The van der Waals surface area contributed by atoms with Crippen LogP contribution in [-0.2, 0) is 32.5 Å². The molecule has 0 saturated carbocycles. The molecule has 0 fully saturated rings. The van der Waals surface area contributed by atoms with Crippen molar-refractivity contribution < 1.29 is 8.83 Å². The molecular weight excluding hydrogens is 1180 g/mol. The molecular formula is C90H89BN4O2. The van der Waals surface area contributed by atoms with Gasteiger partial charge in [0.15, 0.2) is 0 Å². The van der Waals surface area contributed by atoms with E-state index in [1.165, 1.54) is 71.9 Å². The Balaban J connectivity index is 1.01. The molecule has 3 aromatic heterocycles. The number of hydrogen-bond acceptors (Lipinski definition) is 5. The summed E-state index contributed by atoms with van der Waals surface area (Å²) in [6, 6.07) is 81.6. The molecule has 484 valence electrons. The summed E-state index contributed by atoms with van der Waals surface area (Å²) in [6.45, 7) is 41.5. The second-order valence-electron chi connectivity index (χ2n) is 34.0. The van der Waals surface area contributed by atoms with Gasteiger partial charge in [0.2, 0.25) is 0 Å². The van der Waals surface area contributed by atoms with Crippen LogP contribution < -0.4 is 31.1 Å². The predicted octanol–water partition coefficient (Wildman–Crippen LogP) is 23.9. The summed E-state index contributed by atoms with van der Waals surface area (Å²) in [6.07, 6.45) is 0. The minimum Gasteiger partial charge on any atom is -0.456 e. The lowest BCUT2D eigenvalue weighted by molar-refractivity contribution is 0.589. The predicted molar refractivity (Wildman–Crippen MR) is 416 cm³/mol. The van der Waals surface area contributed by atoms with Crippen LogP contribution in [0, 0.1) is 0 Å². The number of para-hydroxylation sites is 1. The molecule has 0 N–H and O–H groups in total. The third-order valence-corrected chi connectivity index (χ3v) is 21.1. The molecule has 6 nitrogen and oxygen atoms in total. The Labute approximate surface area is 573 Å². The van der Waals surface area contributed by atoms with E-state index in [1.807, 2.05) is 0 Å². The maximum Gasteiger partial charge on any atom is 0.252 e. The van der Waals surface area contributed by atoms with Crippen molar-refractivity contribution in [2.75, 3.05) is 14.7 Å². The highest BCUT2D eigenvalue weighted by molar-refractivity contribution is 7.00. The number of nitrogens with zero attached hydrogens (tertiary/aromatic N) is 4. The first-order chi connectivity index (χ1) is 45.8. The van der Waals surface area contributed by atoms with E-state index in [0.717, 1.165) is 100 Å². The molecule has 0 amide bonds. The van der Waals surface area contributed by atoms with Gasteiger partial charge in [0.25, 0.3) is 6.71 Å². The van der Waals surface area contributed by atoms with Gasteiger partial charge < -0.3 is 28.1 Å². The summed E-state index contributed by atoms with van der Waals surface area (Å²) in [5.74, 6) is 0. The topological polar surface area (TPSA) is 40.9 Å². The van der Waals surface area contributed by atoms with Crippen molar-refractivity contribution >= 4 is 140 Å². The summed E-state index contributed by atoms with van der Waals surface area (Å²) in [5.41, 5.74) is 28.1. The third-order valence-electron chi connectivity index (χ3n) is 21.1. The quantitative estimate of drug-likeness (QED) is 0.155. The fraction of sp³-hybridized carbons (Fsp3) is 0.267. The Morgan fingerprint density at radius 2 is 0.691 bits per heavy atom. The molecule has 0 aliphatic carbocycles. The van der Waals surface area contributed by atoms with Crippen molar-refractivity contribution in [1.29, 1.82) is 0 Å². The van der Waals surface area contributed by atoms with Crippen molar-refractivity contribution in [3.8, 4) is 5.69 Å². The van der Waals surface area contributed by atoms with E-state index in [2.05, 4.69) is 356 Å². The molecule has 2 aliphatic heterocycles. The van der Waals surface area contributed by atoms with Gasteiger partial charge in [-0.15, -0.1) is 0 Å². The van der Waals surface area contributed by atoms with Gasteiger partial charge in [-0.3, -0.25) is 0 Å². The number of benzene rings is 11. The van der Waals surface area contributed by atoms with Gasteiger partial charge in [-0.25, -0.2) is 0 Å². The van der Waals surface area contributed by atoms with Crippen LogP contribution in [0.1, 0.15) is 158 Å². The molecule has 0 radical (unpaired) electrons. The second-order valence-corrected chi connectivity index (χ2v) is 34.0. The summed E-state index contributed by atoms with van der Waals surface area (Å²) >= 11 is 0. The normalized spacial score (nSPS) is 13.8. The van der Waals surface area contributed by atoms with Crippen molar-refractivity contribution in [3.63, 3.8) is 0 Å². The van der Waals surface area contributed by atoms with Crippen LogP contribution in [0.5, 0.6) is 0 Å². The fourth-order valence-electron chi connectivity index (χ4n) is 15.4. The Kier molecular flexibility index (Phi) is 13.7. The van der Waals surface area contributed by atoms with Crippen LogP contribution >= 0.6 is 0 Å². The van der Waals surface area contributed by atoms with Gasteiger partial charge in [-0.2, -0.15) is 0 Å². The van der Waals surface area contributed by atoms with Crippen molar-refractivity contribution in [2.24, 2.45) is 0 Å². The second kappa shape index (κ2) is 21.4. The highest BCUT2D eigenvalue weighted by atomic mass is 16.3. The highest BCUT2D eigenvalue weighted by Crippen LogP contribution is 2.51. The summed E-state index contributed by atoms with van der Waals surface area (Å²) < 4.78 is 15.7. The van der Waals surface area contributed by atoms with E-state index in [0.29, 0.717) is 0 Å². The van der Waals surface area contributed by atoms with Crippen LogP contribution in [0.4, 0.5) is 51.2 Å². The first-order valence-electron chi connectivity index (χ1n) is 34.9. The van der Waals surface area contributed by atoms with E-state index >= 15 is 0 Å². The molecule has 14 aromatic rings. The summed E-state index contributed by atoms with van der Waals surface area (Å²) in [5, 5.41) is 6.89. The Hall–Kier alpha value is -9.72. The third kappa shape index (κ3) is 10.3. The number of rotatable bonds is 6. The lowest BCUT2D eigenvalue weighted by Crippen LogP contribution is -2.61. The van der Waals surface area contributed by atoms with E-state index in [9.17, 15) is 0 Å². The molecule has 0 saturated heterocycles. The first-order valence-corrected chi connectivity index (χ1v) is 34.9. The minimum atomic E-state index is -0.233. The van der Waals surface area contributed by atoms with Crippen LogP contribution in [0.15, 0.2) is 221 Å². The lowest BCUT2D eigenvalue weighted by atomic mass is 9.33. The molecule has 0 bridgehead atoms. The number of furan rings is 2. The van der Waals surface area contributed by atoms with Gasteiger partial charge in [0, 0.05) is 89.2 Å². The Morgan fingerprint density at radius 3 is 1.26 bits per heavy atom. The molecule has 0 spiro atoms. The average Bonchev–Trinajstić information content (AvgIpc) is 1.57. The van der Waals surface area contributed by atoms with Crippen LogP contribution in [0.3, 0.4) is 0 Å².